The number of oxazole rings is 1. The first-order chi connectivity index (χ1) is 12.6. The van der Waals surface area contributed by atoms with E-state index in [2.05, 4.69) is 17.2 Å². The van der Waals surface area contributed by atoms with Gasteiger partial charge in [0.15, 0.2) is 11.5 Å². The molecule has 0 saturated carbocycles. The molecule has 1 heterocycles. The van der Waals surface area contributed by atoms with Gasteiger partial charge in [0.05, 0.1) is 25.7 Å². The largest absolute Gasteiger partial charge is 0.493 e. The van der Waals surface area contributed by atoms with Crippen LogP contribution >= 0.6 is 11.8 Å². The summed E-state index contributed by atoms with van der Waals surface area (Å²) in [4.78, 5) is 16.3. The van der Waals surface area contributed by atoms with Gasteiger partial charge in [-0.05, 0) is 31.5 Å². The molecule has 2 aromatic rings. The molecule has 7 heteroatoms. The van der Waals surface area contributed by atoms with Gasteiger partial charge in [-0.15, -0.1) is 11.8 Å². The lowest BCUT2D eigenvalue weighted by Crippen LogP contribution is -2.26. The number of carbonyl (C=O) groups is 1. The fraction of sp³-hybridized carbons (Fsp3) is 0.474. The molecule has 0 radical (unpaired) electrons. The van der Waals surface area contributed by atoms with E-state index in [4.69, 9.17) is 13.9 Å². The normalized spacial score (nSPS) is 10.6. The van der Waals surface area contributed by atoms with Gasteiger partial charge in [-0.2, -0.15) is 0 Å². The summed E-state index contributed by atoms with van der Waals surface area (Å²) < 4.78 is 16.4. The van der Waals surface area contributed by atoms with Gasteiger partial charge in [-0.1, -0.05) is 13.3 Å². The van der Waals surface area contributed by atoms with Crippen LogP contribution in [0.2, 0.25) is 0 Å². The summed E-state index contributed by atoms with van der Waals surface area (Å²) in [6.45, 7) is 4.72. The molecule has 0 atom stereocenters. The molecule has 0 saturated heterocycles. The molecule has 1 N–H and O–H groups in total. The molecule has 142 valence electrons. The second-order valence-corrected chi connectivity index (χ2v) is 6.77. The molecule has 1 aromatic carbocycles. The van der Waals surface area contributed by atoms with E-state index in [0.717, 1.165) is 36.4 Å². The van der Waals surface area contributed by atoms with Crippen LogP contribution in [-0.2, 0) is 10.5 Å². The molecule has 0 fully saturated rings. The summed E-state index contributed by atoms with van der Waals surface area (Å²) in [5.74, 6) is 3.68. The molecule has 0 spiro atoms. The molecule has 6 nitrogen and oxygen atoms in total. The van der Waals surface area contributed by atoms with Crippen LogP contribution < -0.4 is 14.8 Å². The van der Waals surface area contributed by atoms with Crippen LogP contribution in [0.3, 0.4) is 0 Å². The number of hydrogen-bond acceptors (Lipinski definition) is 6. The standard InChI is InChI=1S/C19H26N2O4S/c1-5-6-9-20-18(22)12-26-11-15-13(2)25-19(21-15)14-7-8-16(23-3)17(10-14)24-4/h7-8,10H,5-6,9,11-12H2,1-4H3,(H,20,22). The minimum atomic E-state index is 0.0599. The van der Waals surface area contributed by atoms with E-state index < -0.39 is 0 Å². The van der Waals surface area contributed by atoms with Gasteiger partial charge in [0.2, 0.25) is 11.8 Å². The monoisotopic (exact) mass is 378 g/mol. The third-order valence-electron chi connectivity index (χ3n) is 3.85. The Morgan fingerprint density at radius 3 is 2.73 bits per heavy atom. The number of methoxy groups -OCH3 is 2. The highest BCUT2D eigenvalue weighted by Gasteiger charge is 2.14. The van der Waals surface area contributed by atoms with E-state index in [-0.39, 0.29) is 5.91 Å². The second kappa shape index (κ2) is 10.1. The van der Waals surface area contributed by atoms with E-state index in [1.165, 1.54) is 11.8 Å². The summed E-state index contributed by atoms with van der Waals surface area (Å²) in [5, 5.41) is 2.91. The Balaban J connectivity index is 1.97. The molecule has 0 unspecified atom stereocenters. The third kappa shape index (κ3) is 5.42. The van der Waals surface area contributed by atoms with Crippen molar-refractivity contribution >= 4 is 17.7 Å². The Labute approximate surface area is 158 Å². The highest BCUT2D eigenvalue weighted by atomic mass is 32.2. The van der Waals surface area contributed by atoms with Gasteiger partial charge in [-0.3, -0.25) is 4.79 Å². The van der Waals surface area contributed by atoms with Crippen molar-refractivity contribution < 1.29 is 18.7 Å². The zero-order valence-corrected chi connectivity index (χ0v) is 16.6. The Bertz CT molecular complexity index is 730. The number of nitrogens with one attached hydrogen (secondary N) is 1. The first-order valence-electron chi connectivity index (χ1n) is 8.62. The van der Waals surface area contributed by atoms with Crippen molar-refractivity contribution in [3.63, 3.8) is 0 Å². The maximum absolute atomic E-state index is 11.7. The van der Waals surface area contributed by atoms with Crippen molar-refractivity contribution in [2.24, 2.45) is 0 Å². The Morgan fingerprint density at radius 1 is 1.27 bits per heavy atom. The van der Waals surface area contributed by atoms with Gasteiger partial charge in [0.25, 0.3) is 0 Å². The van der Waals surface area contributed by atoms with Gasteiger partial charge in [0, 0.05) is 17.9 Å². The fourth-order valence-corrected chi connectivity index (χ4v) is 3.20. The molecule has 0 bridgehead atoms. The van der Waals surface area contributed by atoms with Gasteiger partial charge < -0.3 is 19.2 Å². The fourth-order valence-electron chi connectivity index (χ4n) is 2.35. The average molecular weight is 378 g/mol. The summed E-state index contributed by atoms with van der Waals surface area (Å²) in [6.07, 6.45) is 2.08. The van der Waals surface area contributed by atoms with Crippen molar-refractivity contribution in [3.05, 3.63) is 29.7 Å². The number of unbranched alkanes of at least 4 members (excludes halogenated alkanes) is 1. The Kier molecular flexibility index (Phi) is 7.84. The summed E-state index contributed by atoms with van der Waals surface area (Å²) in [7, 11) is 3.19. The van der Waals surface area contributed by atoms with Crippen LogP contribution in [0.15, 0.2) is 22.6 Å². The molecule has 0 aliphatic rings. The molecular formula is C19H26N2O4S. The maximum atomic E-state index is 11.7. The smallest absolute Gasteiger partial charge is 0.230 e. The van der Waals surface area contributed by atoms with E-state index in [9.17, 15) is 4.79 Å². The summed E-state index contributed by atoms with van der Waals surface area (Å²) in [6, 6.07) is 5.54. The average Bonchev–Trinajstić information content (AvgIpc) is 3.02. The number of amides is 1. The number of aromatic nitrogens is 1. The Hall–Kier alpha value is -2.15. The number of rotatable bonds is 10. The highest BCUT2D eigenvalue weighted by Crippen LogP contribution is 2.33. The number of nitrogens with zero attached hydrogens (tertiary/aromatic N) is 1. The van der Waals surface area contributed by atoms with Crippen LogP contribution in [0.25, 0.3) is 11.5 Å². The SMILES string of the molecule is CCCCNC(=O)CSCc1nc(-c2ccc(OC)c(OC)c2)oc1C. The number of benzene rings is 1. The minimum absolute atomic E-state index is 0.0599. The quantitative estimate of drug-likeness (QED) is 0.634. The maximum Gasteiger partial charge on any atom is 0.230 e. The van der Waals surface area contributed by atoms with Crippen LogP contribution in [0, 0.1) is 6.92 Å². The molecule has 0 aliphatic heterocycles. The van der Waals surface area contributed by atoms with Crippen LogP contribution in [0.5, 0.6) is 11.5 Å². The van der Waals surface area contributed by atoms with Crippen LogP contribution in [0.4, 0.5) is 0 Å². The Morgan fingerprint density at radius 2 is 2.04 bits per heavy atom. The van der Waals surface area contributed by atoms with Crippen LogP contribution in [-0.4, -0.2) is 37.4 Å². The lowest BCUT2D eigenvalue weighted by Gasteiger charge is -2.07. The second-order valence-electron chi connectivity index (χ2n) is 5.79. The number of aryl methyl sites for hydroxylation is 1. The highest BCUT2D eigenvalue weighted by molar-refractivity contribution is 7.99. The summed E-state index contributed by atoms with van der Waals surface area (Å²) >= 11 is 1.53. The number of carbonyl (C=O) groups excluding carboxylic acids is 1. The molecule has 1 aromatic heterocycles. The predicted octanol–water partition coefficient (Wildman–Crippen LogP) is 3.82. The number of thioether (sulfide) groups is 1. The number of ether oxygens (including phenoxy) is 2. The topological polar surface area (TPSA) is 73.6 Å². The first-order valence-corrected chi connectivity index (χ1v) is 9.77. The van der Waals surface area contributed by atoms with Crippen molar-refractivity contribution in [1.82, 2.24) is 10.3 Å². The predicted molar refractivity (Wildman–Crippen MR) is 104 cm³/mol. The van der Waals surface area contributed by atoms with E-state index in [1.54, 1.807) is 14.2 Å². The van der Waals surface area contributed by atoms with E-state index >= 15 is 0 Å². The van der Waals surface area contributed by atoms with Crippen molar-refractivity contribution in [2.45, 2.75) is 32.4 Å². The van der Waals surface area contributed by atoms with Crippen molar-refractivity contribution in [3.8, 4) is 23.0 Å². The van der Waals surface area contributed by atoms with Gasteiger partial charge >= 0.3 is 0 Å². The zero-order valence-electron chi connectivity index (χ0n) is 15.8. The summed E-state index contributed by atoms with van der Waals surface area (Å²) in [5.41, 5.74) is 1.67. The van der Waals surface area contributed by atoms with E-state index in [0.29, 0.717) is 28.9 Å². The lowest BCUT2D eigenvalue weighted by atomic mass is 10.2. The van der Waals surface area contributed by atoms with Crippen LogP contribution in [0.1, 0.15) is 31.2 Å². The van der Waals surface area contributed by atoms with E-state index in [1.807, 2.05) is 25.1 Å². The molecule has 26 heavy (non-hydrogen) atoms. The molecular weight excluding hydrogens is 352 g/mol. The third-order valence-corrected chi connectivity index (χ3v) is 4.79. The van der Waals surface area contributed by atoms with Gasteiger partial charge in [0.1, 0.15) is 5.76 Å². The first kappa shape index (κ1) is 20.2. The van der Waals surface area contributed by atoms with Crippen molar-refractivity contribution in [2.75, 3.05) is 26.5 Å². The minimum Gasteiger partial charge on any atom is -0.493 e. The van der Waals surface area contributed by atoms with Crippen molar-refractivity contribution in [1.29, 1.82) is 0 Å². The molecule has 0 aliphatic carbocycles. The number of hydrogen-bond donors (Lipinski definition) is 1. The lowest BCUT2D eigenvalue weighted by molar-refractivity contribution is -0.118. The zero-order chi connectivity index (χ0) is 18.9. The molecule has 1 amide bonds. The molecule has 2 rings (SSSR count). The van der Waals surface area contributed by atoms with Gasteiger partial charge in [-0.25, -0.2) is 4.98 Å².